The van der Waals surface area contributed by atoms with Crippen LogP contribution in [0.15, 0.2) is 59.0 Å². The van der Waals surface area contributed by atoms with E-state index >= 15 is 0 Å². The number of nitrogens with one attached hydrogen (secondary N) is 1. The second kappa shape index (κ2) is 8.18. The summed E-state index contributed by atoms with van der Waals surface area (Å²) in [5, 5.41) is 14.3. The van der Waals surface area contributed by atoms with E-state index in [2.05, 4.69) is 36.1 Å². The standard InChI is InChI=1S/C23H22N4O5/c1-23(2,3)14-8-5-6-10-17(14)31-21-15(12-13-19(25-21)30-4)24-22-26-20-16(27(28)29)9-7-11-18(20)32-22/h5-13H,1-4H3,(H,24,26). The van der Waals surface area contributed by atoms with Crippen LogP contribution in [-0.2, 0) is 5.41 Å². The minimum absolute atomic E-state index is 0.0789. The highest BCUT2D eigenvalue weighted by molar-refractivity contribution is 5.84. The average Bonchev–Trinajstić information content (AvgIpc) is 3.17. The van der Waals surface area contributed by atoms with Crippen molar-refractivity contribution < 1.29 is 18.8 Å². The lowest BCUT2D eigenvalue weighted by molar-refractivity contribution is -0.383. The summed E-state index contributed by atoms with van der Waals surface area (Å²) in [6.45, 7) is 6.29. The number of anilines is 2. The summed E-state index contributed by atoms with van der Waals surface area (Å²) in [5.74, 6) is 1.27. The molecule has 9 heteroatoms. The van der Waals surface area contributed by atoms with E-state index in [4.69, 9.17) is 13.9 Å². The van der Waals surface area contributed by atoms with Crippen LogP contribution in [-0.4, -0.2) is 22.0 Å². The number of methoxy groups -OCH3 is 1. The van der Waals surface area contributed by atoms with E-state index < -0.39 is 4.92 Å². The highest BCUT2D eigenvalue weighted by Gasteiger charge is 2.22. The number of pyridine rings is 1. The number of para-hydroxylation sites is 2. The van der Waals surface area contributed by atoms with Crippen LogP contribution >= 0.6 is 0 Å². The van der Waals surface area contributed by atoms with Crippen LogP contribution in [0.3, 0.4) is 0 Å². The van der Waals surface area contributed by atoms with Crippen molar-refractivity contribution in [2.75, 3.05) is 12.4 Å². The molecule has 32 heavy (non-hydrogen) atoms. The maximum atomic E-state index is 11.3. The third kappa shape index (κ3) is 4.18. The van der Waals surface area contributed by atoms with Gasteiger partial charge in [-0.3, -0.25) is 10.1 Å². The van der Waals surface area contributed by atoms with E-state index in [0.29, 0.717) is 22.9 Å². The maximum absolute atomic E-state index is 11.3. The van der Waals surface area contributed by atoms with Gasteiger partial charge in [0.1, 0.15) is 11.4 Å². The van der Waals surface area contributed by atoms with Gasteiger partial charge in [-0.2, -0.15) is 9.97 Å². The molecule has 0 fully saturated rings. The number of nitro groups is 1. The molecule has 0 saturated heterocycles. The Morgan fingerprint density at radius 3 is 2.53 bits per heavy atom. The summed E-state index contributed by atoms with van der Waals surface area (Å²) in [5.41, 5.74) is 1.63. The van der Waals surface area contributed by atoms with Gasteiger partial charge in [0.15, 0.2) is 11.1 Å². The smallest absolute Gasteiger partial charge is 0.300 e. The minimum Gasteiger partial charge on any atom is -0.481 e. The number of oxazole rings is 1. The number of non-ortho nitro benzene ring substituents is 1. The Balaban J connectivity index is 1.73. The summed E-state index contributed by atoms with van der Waals surface area (Å²) in [6, 6.07) is 15.7. The van der Waals surface area contributed by atoms with Crippen LogP contribution in [0.1, 0.15) is 26.3 Å². The zero-order valence-electron chi connectivity index (χ0n) is 18.1. The molecule has 0 aliphatic heterocycles. The molecule has 0 unspecified atom stereocenters. The lowest BCUT2D eigenvalue weighted by atomic mass is 9.86. The number of benzene rings is 2. The summed E-state index contributed by atoms with van der Waals surface area (Å²) in [7, 11) is 1.52. The van der Waals surface area contributed by atoms with Crippen molar-refractivity contribution in [2.24, 2.45) is 0 Å². The Kier molecular flexibility index (Phi) is 5.40. The SMILES string of the molecule is COc1ccc(Nc2nc3c([N+](=O)[O-])cccc3o2)c(Oc2ccccc2C(C)(C)C)n1. The predicted octanol–water partition coefficient (Wildman–Crippen LogP) is 5.97. The van der Waals surface area contributed by atoms with Gasteiger partial charge >= 0.3 is 6.01 Å². The molecule has 0 aliphatic carbocycles. The summed E-state index contributed by atoms with van der Waals surface area (Å²) >= 11 is 0. The molecule has 0 atom stereocenters. The second-order valence-electron chi connectivity index (χ2n) is 8.08. The van der Waals surface area contributed by atoms with Gasteiger partial charge < -0.3 is 19.2 Å². The molecule has 2 heterocycles. The second-order valence-corrected chi connectivity index (χ2v) is 8.08. The van der Waals surface area contributed by atoms with E-state index in [-0.39, 0.29) is 28.5 Å². The molecule has 0 radical (unpaired) electrons. The fraction of sp³-hybridized carbons (Fsp3) is 0.217. The fourth-order valence-electron chi connectivity index (χ4n) is 3.24. The molecule has 0 saturated carbocycles. The predicted molar refractivity (Wildman–Crippen MR) is 120 cm³/mol. The van der Waals surface area contributed by atoms with E-state index in [9.17, 15) is 10.1 Å². The van der Waals surface area contributed by atoms with Gasteiger partial charge in [0.2, 0.25) is 11.8 Å². The van der Waals surface area contributed by atoms with Crippen LogP contribution in [0.2, 0.25) is 0 Å². The van der Waals surface area contributed by atoms with Gasteiger partial charge in [0.05, 0.1) is 12.0 Å². The fourth-order valence-corrected chi connectivity index (χ4v) is 3.24. The van der Waals surface area contributed by atoms with E-state index in [1.165, 1.54) is 13.2 Å². The molecule has 0 spiro atoms. The molecular formula is C23H22N4O5. The molecule has 4 rings (SSSR count). The molecule has 4 aromatic rings. The van der Waals surface area contributed by atoms with Crippen molar-refractivity contribution in [2.45, 2.75) is 26.2 Å². The van der Waals surface area contributed by atoms with Crippen LogP contribution in [0.25, 0.3) is 11.1 Å². The van der Waals surface area contributed by atoms with Crippen LogP contribution in [0.5, 0.6) is 17.5 Å². The van der Waals surface area contributed by atoms with Gasteiger partial charge in [0.25, 0.3) is 5.69 Å². The van der Waals surface area contributed by atoms with Crippen molar-refractivity contribution in [3.8, 4) is 17.5 Å². The van der Waals surface area contributed by atoms with Gasteiger partial charge in [0, 0.05) is 17.7 Å². The molecule has 0 amide bonds. The molecule has 9 nitrogen and oxygen atoms in total. The topological polar surface area (TPSA) is 113 Å². The Morgan fingerprint density at radius 1 is 1.03 bits per heavy atom. The third-order valence-electron chi connectivity index (χ3n) is 4.78. The monoisotopic (exact) mass is 434 g/mol. The van der Waals surface area contributed by atoms with Gasteiger partial charge in [-0.05, 0) is 23.6 Å². The van der Waals surface area contributed by atoms with E-state index in [1.54, 1.807) is 24.3 Å². The van der Waals surface area contributed by atoms with Crippen molar-refractivity contribution in [3.63, 3.8) is 0 Å². The lowest BCUT2D eigenvalue weighted by Gasteiger charge is -2.22. The highest BCUT2D eigenvalue weighted by atomic mass is 16.6. The summed E-state index contributed by atoms with van der Waals surface area (Å²) in [6.07, 6.45) is 0. The molecule has 1 N–H and O–H groups in total. The first-order valence-electron chi connectivity index (χ1n) is 9.89. The summed E-state index contributed by atoms with van der Waals surface area (Å²) in [4.78, 5) is 19.4. The van der Waals surface area contributed by atoms with Crippen molar-refractivity contribution in [1.29, 1.82) is 0 Å². The van der Waals surface area contributed by atoms with Gasteiger partial charge in [-0.25, -0.2) is 0 Å². The molecule has 2 aromatic carbocycles. The zero-order chi connectivity index (χ0) is 22.9. The molecular weight excluding hydrogens is 412 g/mol. The van der Waals surface area contributed by atoms with Gasteiger partial charge in [-0.15, -0.1) is 0 Å². The van der Waals surface area contributed by atoms with Crippen molar-refractivity contribution in [3.05, 3.63) is 70.3 Å². The number of hydrogen-bond acceptors (Lipinski definition) is 8. The number of ether oxygens (including phenoxy) is 2. The molecule has 164 valence electrons. The summed E-state index contributed by atoms with van der Waals surface area (Å²) < 4.78 is 17.1. The first kappa shape index (κ1) is 21.1. The number of rotatable bonds is 6. The number of nitro benzene ring substituents is 1. The zero-order valence-corrected chi connectivity index (χ0v) is 18.1. The van der Waals surface area contributed by atoms with E-state index in [1.807, 2.05) is 24.3 Å². The largest absolute Gasteiger partial charge is 0.481 e. The Morgan fingerprint density at radius 2 is 1.81 bits per heavy atom. The van der Waals surface area contributed by atoms with Crippen LogP contribution < -0.4 is 14.8 Å². The average molecular weight is 434 g/mol. The maximum Gasteiger partial charge on any atom is 0.300 e. The molecule has 0 aliphatic rings. The number of aromatic nitrogens is 2. The Bertz CT molecular complexity index is 1290. The highest BCUT2D eigenvalue weighted by Crippen LogP contribution is 2.38. The molecule has 0 bridgehead atoms. The van der Waals surface area contributed by atoms with Crippen LogP contribution in [0, 0.1) is 10.1 Å². The Hall–Kier alpha value is -4.14. The first-order valence-corrected chi connectivity index (χ1v) is 9.89. The van der Waals surface area contributed by atoms with Crippen molar-refractivity contribution >= 4 is 28.5 Å². The van der Waals surface area contributed by atoms with E-state index in [0.717, 1.165) is 5.56 Å². The van der Waals surface area contributed by atoms with Crippen LogP contribution in [0.4, 0.5) is 17.4 Å². The van der Waals surface area contributed by atoms with Crippen molar-refractivity contribution in [1.82, 2.24) is 9.97 Å². The minimum atomic E-state index is -0.498. The first-order chi connectivity index (χ1) is 15.3. The van der Waals surface area contributed by atoms with Gasteiger partial charge in [-0.1, -0.05) is 45.0 Å². The number of nitrogens with zero attached hydrogens (tertiary/aromatic N) is 3. The molecule has 2 aromatic heterocycles. The third-order valence-corrected chi connectivity index (χ3v) is 4.78. The number of fused-ring (bicyclic) bond motifs is 1. The quantitative estimate of drug-likeness (QED) is 0.292. The lowest BCUT2D eigenvalue weighted by Crippen LogP contribution is -2.12. The normalized spacial score (nSPS) is 11.4. The number of hydrogen-bond donors (Lipinski definition) is 1. The Labute approximate surface area is 184 Å².